The lowest BCUT2D eigenvalue weighted by molar-refractivity contribution is -0.384. The van der Waals surface area contributed by atoms with Gasteiger partial charge in [0.2, 0.25) is 0 Å². The smallest absolute Gasteiger partial charge is 0.338 e. The van der Waals surface area contributed by atoms with Crippen LogP contribution in [0.25, 0.3) is 0 Å². The highest BCUT2D eigenvalue weighted by Crippen LogP contribution is 2.24. The number of halogens is 2. The summed E-state index contributed by atoms with van der Waals surface area (Å²) in [5.41, 5.74) is -1.05. The number of carboxylic acids is 1. The number of non-ortho nitro benzene ring substituents is 1. The van der Waals surface area contributed by atoms with Gasteiger partial charge in [-0.15, -0.1) is 0 Å². The standard InChI is InChI=1S/C14H8BrFN2O5/c15-11-3-1-7(16)5-9(11)13(19)17-12-4-2-8(18(22)23)6-10(12)14(20)21/h1-6H,(H,17,19)(H,20,21). The Morgan fingerprint density at radius 2 is 1.87 bits per heavy atom. The second kappa shape index (κ2) is 6.53. The molecule has 0 saturated carbocycles. The molecule has 0 radical (unpaired) electrons. The monoisotopic (exact) mass is 382 g/mol. The molecule has 2 aromatic carbocycles. The molecule has 2 aromatic rings. The number of nitrogens with zero attached hydrogens (tertiary/aromatic N) is 1. The minimum atomic E-state index is -1.44. The fourth-order valence-corrected chi connectivity index (χ4v) is 2.22. The lowest BCUT2D eigenvalue weighted by Crippen LogP contribution is -2.15. The Morgan fingerprint density at radius 1 is 1.17 bits per heavy atom. The van der Waals surface area contributed by atoms with Crippen molar-refractivity contribution in [3.63, 3.8) is 0 Å². The summed E-state index contributed by atoms with van der Waals surface area (Å²) < 4.78 is 13.5. The van der Waals surface area contributed by atoms with E-state index in [1.165, 1.54) is 6.07 Å². The molecule has 0 spiro atoms. The minimum absolute atomic E-state index is 0.0420. The minimum Gasteiger partial charge on any atom is -0.478 e. The summed E-state index contributed by atoms with van der Waals surface area (Å²) in [6.07, 6.45) is 0. The fraction of sp³-hybridized carbons (Fsp3) is 0. The first-order valence-corrected chi connectivity index (χ1v) is 6.87. The van der Waals surface area contributed by atoms with Gasteiger partial charge in [0.25, 0.3) is 11.6 Å². The maximum absolute atomic E-state index is 13.2. The van der Waals surface area contributed by atoms with Crippen molar-refractivity contribution < 1.29 is 24.0 Å². The molecule has 23 heavy (non-hydrogen) atoms. The van der Waals surface area contributed by atoms with Gasteiger partial charge in [0, 0.05) is 16.6 Å². The Balaban J connectivity index is 2.39. The van der Waals surface area contributed by atoms with Crippen LogP contribution in [0.4, 0.5) is 15.8 Å². The number of nitrogens with one attached hydrogen (secondary N) is 1. The Hall–Kier alpha value is -2.81. The van der Waals surface area contributed by atoms with Gasteiger partial charge in [-0.3, -0.25) is 14.9 Å². The topological polar surface area (TPSA) is 110 Å². The Morgan fingerprint density at radius 3 is 2.48 bits per heavy atom. The highest BCUT2D eigenvalue weighted by atomic mass is 79.9. The number of carboxylic acid groups (broad SMARTS) is 1. The van der Waals surface area contributed by atoms with Crippen molar-refractivity contribution in [2.24, 2.45) is 0 Å². The van der Waals surface area contributed by atoms with E-state index in [4.69, 9.17) is 5.11 Å². The van der Waals surface area contributed by atoms with Gasteiger partial charge in [-0.2, -0.15) is 0 Å². The van der Waals surface area contributed by atoms with E-state index < -0.39 is 33.9 Å². The molecule has 2 rings (SSSR count). The van der Waals surface area contributed by atoms with Gasteiger partial charge in [-0.05, 0) is 40.2 Å². The van der Waals surface area contributed by atoms with Gasteiger partial charge in [0.15, 0.2) is 0 Å². The van der Waals surface area contributed by atoms with E-state index in [1.54, 1.807) is 0 Å². The van der Waals surface area contributed by atoms with Crippen LogP contribution in [0.2, 0.25) is 0 Å². The van der Waals surface area contributed by atoms with E-state index in [-0.39, 0.29) is 11.3 Å². The first kappa shape index (κ1) is 16.6. The number of nitro benzene ring substituents is 1. The molecule has 0 fully saturated rings. The molecule has 0 heterocycles. The summed E-state index contributed by atoms with van der Waals surface area (Å²) in [5, 5.41) is 22.1. The Labute approximate surface area is 137 Å². The average molecular weight is 383 g/mol. The summed E-state index contributed by atoms with van der Waals surface area (Å²) in [5.74, 6) is -2.84. The zero-order valence-electron chi connectivity index (χ0n) is 11.2. The number of anilines is 1. The van der Waals surface area contributed by atoms with Crippen molar-refractivity contribution in [1.82, 2.24) is 0 Å². The van der Waals surface area contributed by atoms with Crippen molar-refractivity contribution in [2.45, 2.75) is 0 Å². The predicted molar refractivity (Wildman–Crippen MR) is 82.1 cm³/mol. The number of carbonyl (C=O) groups is 2. The number of carbonyl (C=O) groups excluding carboxylic acids is 1. The molecule has 7 nitrogen and oxygen atoms in total. The number of nitro groups is 1. The second-order valence-electron chi connectivity index (χ2n) is 4.37. The first-order valence-electron chi connectivity index (χ1n) is 6.07. The molecular weight excluding hydrogens is 375 g/mol. The number of hydrogen-bond acceptors (Lipinski definition) is 4. The van der Waals surface area contributed by atoms with Crippen molar-refractivity contribution >= 4 is 39.2 Å². The highest BCUT2D eigenvalue weighted by Gasteiger charge is 2.19. The predicted octanol–water partition coefficient (Wildman–Crippen LogP) is 3.45. The highest BCUT2D eigenvalue weighted by molar-refractivity contribution is 9.10. The van der Waals surface area contributed by atoms with Crippen LogP contribution < -0.4 is 5.32 Å². The molecule has 0 aromatic heterocycles. The maximum Gasteiger partial charge on any atom is 0.338 e. The summed E-state index contributed by atoms with van der Waals surface area (Å²) in [7, 11) is 0. The quantitative estimate of drug-likeness (QED) is 0.621. The number of amides is 1. The van der Waals surface area contributed by atoms with Crippen LogP contribution in [0.1, 0.15) is 20.7 Å². The molecule has 0 aliphatic carbocycles. The molecule has 0 saturated heterocycles. The lowest BCUT2D eigenvalue weighted by atomic mass is 10.1. The number of hydrogen-bond donors (Lipinski definition) is 2. The second-order valence-corrected chi connectivity index (χ2v) is 5.22. The zero-order chi connectivity index (χ0) is 17.1. The van der Waals surface area contributed by atoms with Crippen molar-refractivity contribution in [3.05, 3.63) is 67.9 Å². The molecule has 0 aliphatic rings. The molecular formula is C14H8BrFN2O5. The van der Waals surface area contributed by atoms with E-state index in [9.17, 15) is 24.1 Å². The molecule has 118 valence electrons. The van der Waals surface area contributed by atoms with E-state index in [0.29, 0.717) is 4.47 Å². The molecule has 0 aliphatic heterocycles. The van der Waals surface area contributed by atoms with Gasteiger partial charge in [-0.25, -0.2) is 9.18 Å². The zero-order valence-corrected chi connectivity index (χ0v) is 12.8. The van der Waals surface area contributed by atoms with Crippen molar-refractivity contribution in [2.75, 3.05) is 5.32 Å². The van der Waals surface area contributed by atoms with Gasteiger partial charge >= 0.3 is 5.97 Å². The third-order valence-electron chi connectivity index (χ3n) is 2.87. The molecule has 0 atom stereocenters. The summed E-state index contributed by atoms with van der Waals surface area (Å²) in [4.78, 5) is 33.3. The van der Waals surface area contributed by atoms with E-state index in [2.05, 4.69) is 21.2 Å². The van der Waals surface area contributed by atoms with Gasteiger partial charge in [-0.1, -0.05) is 0 Å². The normalized spacial score (nSPS) is 10.2. The largest absolute Gasteiger partial charge is 0.478 e. The van der Waals surface area contributed by atoms with Crippen LogP contribution >= 0.6 is 15.9 Å². The molecule has 9 heteroatoms. The third-order valence-corrected chi connectivity index (χ3v) is 3.56. The summed E-state index contributed by atoms with van der Waals surface area (Å²) in [6.45, 7) is 0. The Kier molecular flexibility index (Phi) is 4.70. The summed E-state index contributed by atoms with van der Waals surface area (Å²) in [6, 6.07) is 6.45. The first-order chi connectivity index (χ1) is 10.8. The lowest BCUT2D eigenvalue weighted by Gasteiger charge is -2.09. The maximum atomic E-state index is 13.2. The van der Waals surface area contributed by atoms with Crippen LogP contribution in [-0.4, -0.2) is 21.9 Å². The van der Waals surface area contributed by atoms with Crippen LogP contribution in [0.3, 0.4) is 0 Å². The van der Waals surface area contributed by atoms with E-state index in [0.717, 1.165) is 30.3 Å². The van der Waals surface area contributed by atoms with Crippen LogP contribution in [0.5, 0.6) is 0 Å². The number of aromatic carboxylic acids is 1. The van der Waals surface area contributed by atoms with Gasteiger partial charge in [0.1, 0.15) is 5.82 Å². The summed E-state index contributed by atoms with van der Waals surface area (Å²) >= 11 is 3.09. The van der Waals surface area contributed by atoms with Gasteiger partial charge < -0.3 is 10.4 Å². The SMILES string of the molecule is O=C(Nc1ccc([N+](=O)[O-])cc1C(=O)O)c1cc(F)ccc1Br. The number of rotatable bonds is 4. The van der Waals surface area contributed by atoms with Crippen LogP contribution in [-0.2, 0) is 0 Å². The fourth-order valence-electron chi connectivity index (χ4n) is 1.79. The van der Waals surface area contributed by atoms with Crippen LogP contribution in [0, 0.1) is 15.9 Å². The molecule has 2 N–H and O–H groups in total. The van der Waals surface area contributed by atoms with Crippen molar-refractivity contribution in [1.29, 1.82) is 0 Å². The van der Waals surface area contributed by atoms with E-state index in [1.807, 2.05) is 0 Å². The van der Waals surface area contributed by atoms with Crippen molar-refractivity contribution in [3.8, 4) is 0 Å². The van der Waals surface area contributed by atoms with E-state index >= 15 is 0 Å². The Bertz CT molecular complexity index is 825. The molecule has 0 unspecified atom stereocenters. The van der Waals surface area contributed by atoms with Crippen LogP contribution in [0.15, 0.2) is 40.9 Å². The molecule has 0 bridgehead atoms. The average Bonchev–Trinajstić information content (AvgIpc) is 2.49. The third kappa shape index (κ3) is 3.69. The number of benzene rings is 2. The van der Waals surface area contributed by atoms with Gasteiger partial charge in [0.05, 0.1) is 21.7 Å². The molecule has 1 amide bonds.